The van der Waals surface area contributed by atoms with Crippen molar-refractivity contribution < 1.29 is 14.3 Å². The third-order valence-corrected chi connectivity index (χ3v) is 7.02. The second-order valence-corrected chi connectivity index (χ2v) is 9.91. The molecule has 0 aromatic heterocycles. The van der Waals surface area contributed by atoms with E-state index in [1.807, 2.05) is 97.1 Å². The van der Waals surface area contributed by atoms with Crippen LogP contribution in [-0.4, -0.2) is 23.1 Å². The molecule has 38 heavy (non-hydrogen) atoms. The van der Waals surface area contributed by atoms with Crippen LogP contribution in [0.2, 0.25) is 0 Å². The quantitative estimate of drug-likeness (QED) is 0.227. The van der Waals surface area contributed by atoms with E-state index >= 15 is 0 Å². The highest BCUT2D eigenvalue weighted by molar-refractivity contribution is 8.18. The molecule has 1 heterocycles. The van der Waals surface area contributed by atoms with E-state index in [2.05, 4.69) is 19.1 Å². The number of nitrogens with zero attached hydrogens (tertiary/aromatic N) is 2. The van der Waals surface area contributed by atoms with Crippen LogP contribution in [0.1, 0.15) is 22.3 Å². The summed E-state index contributed by atoms with van der Waals surface area (Å²) in [4.78, 5) is 20.6. The Bertz CT molecular complexity index is 1480. The lowest BCUT2D eigenvalue weighted by molar-refractivity contribution is -0.122. The predicted octanol–water partition coefficient (Wildman–Crippen LogP) is 7.39. The van der Waals surface area contributed by atoms with Gasteiger partial charge in [0.05, 0.1) is 24.2 Å². The topological polar surface area (TPSA) is 51.1 Å². The molecule has 4 aromatic carbocycles. The molecule has 0 unspecified atom stereocenters. The molecule has 1 aliphatic rings. The van der Waals surface area contributed by atoms with Gasteiger partial charge in [0.15, 0.2) is 16.7 Å². The molecule has 0 saturated carbocycles. The highest BCUT2D eigenvalue weighted by Crippen LogP contribution is 2.37. The number of benzene rings is 4. The molecule has 0 spiro atoms. The van der Waals surface area contributed by atoms with Gasteiger partial charge in [0.25, 0.3) is 5.91 Å². The van der Waals surface area contributed by atoms with E-state index in [1.165, 1.54) is 17.3 Å². The normalized spacial score (nSPS) is 15.3. The number of ether oxygens (including phenoxy) is 2. The molecule has 5 rings (SSSR count). The number of carbonyl (C=O) groups excluding carboxylic acids is 1. The SMILES string of the molecule is COc1cc(/C=C2\SC(=Nc3ccccc3)N(Cc3ccccc3)C2=O)ccc1OCc1cccc(C)c1. The van der Waals surface area contributed by atoms with E-state index in [-0.39, 0.29) is 5.91 Å². The third kappa shape index (κ3) is 6.15. The molecule has 1 amide bonds. The smallest absolute Gasteiger partial charge is 0.267 e. The number of thioether (sulfide) groups is 1. The lowest BCUT2D eigenvalue weighted by Gasteiger charge is -2.15. The number of rotatable bonds is 8. The maximum atomic E-state index is 13.5. The van der Waals surface area contributed by atoms with E-state index in [0.717, 1.165) is 22.4 Å². The van der Waals surface area contributed by atoms with Crippen molar-refractivity contribution in [1.29, 1.82) is 0 Å². The standard InChI is InChI=1S/C32H28N2O3S/c1-23-10-9-13-26(18-23)22-37-28-17-16-25(19-29(28)36-2)20-30-31(35)34(21-24-11-5-3-6-12-24)32(38-30)33-27-14-7-4-8-15-27/h3-20H,21-22H2,1-2H3/b30-20-,33-32?. The summed E-state index contributed by atoms with van der Waals surface area (Å²) in [5.41, 5.74) is 4.98. The summed E-state index contributed by atoms with van der Waals surface area (Å²) in [6.45, 7) is 2.96. The van der Waals surface area contributed by atoms with E-state index in [0.29, 0.717) is 34.7 Å². The number of carbonyl (C=O) groups is 1. The van der Waals surface area contributed by atoms with Gasteiger partial charge in [-0.25, -0.2) is 4.99 Å². The van der Waals surface area contributed by atoms with Crippen molar-refractivity contribution in [2.75, 3.05) is 7.11 Å². The molecule has 0 radical (unpaired) electrons. The molecule has 1 saturated heterocycles. The van der Waals surface area contributed by atoms with Gasteiger partial charge in [-0.05, 0) is 65.7 Å². The van der Waals surface area contributed by atoms with Gasteiger partial charge in [-0.15, -0.1) is 0 Å². The number of hydrogen-bond donors (Lipinski definition) is 0. The monoisotopic (exact) mass is 520 g/mol. The van der Waals surface area contributed by atoms with Crippen LogP contribution in [0.3, 0.4) is 0 Å². The maximum Gasteiger partial charge on any atom is 0.267 e. The number of aryl methyl sites for hydroxylation is 1. The Morgan fingerprint density at radius 1 is 0.842 bits per heavy atom. The molecule has 1 fully saturated rings. The highest BCUT2D eigenvalue weighted by Gasteiger charge is 2.33. The fraction of sp³-hybridized carbons (Fsp3) is 0.125. The van der Waals surface area contributed by atoms with E-state index in [9.17, 15) is 4.79 Å². The van der Waals surface area contributed by atoms with Gasteiger partial charge < -0.3 is 9.47 Å². The Balaban J connectivity index is 1.40. The van der Waals surface area contributed by atoms with Gasteiger partial charge in [-0.1, -0.05) is 84.4 Å². The van der Waals surface area contributed by atoms with Crippen LogP contribution in [0.25, 0.3) is 6.08 Å². The first kappa shape index (κ1) is 25.4. The van der Waals surface area contributed by atoms with Crippen molar-refractivity contribution in [2.45, 2.75) is 20.1 Å². The van der Waals surface area contributed by atoms with Crippen LogP contribution in [-0.2, 0) is 17.9 Å². The van der Waals surface area contributed by atoms with Gasteiger partial charge >= 0.3 is 0 Å². The molecule has 6 heteroatoms. The van der Waals surface area contributed by atoms with Crippen molar-refractivity contribution in [1.82, 2.24) is 4.90 Å². The molecule has 0 aliphatic carbocycles. The largest absolute Gasteiger partial charge is 0.493 e. The van der Waals surface area contributed by atoms with Crippen molar-refractivity contribution >= 4 is 34.6 Å². The highest BCUT2D eigenvalue weighted by atomic mass is 32.2. The number of amides is 1. The summed E-state index contributed by atoms with van der Waals surface area (Å²) >= 11 is 1.38. The number of para-hydroxylation sites is 1. The number of hydrogen-bond acceptors (Lipinski definition) is 5. The first-order valence-electron chi connectivity index (χ1n) is 12.3. The summed E-state index contributed by atoms with van der Waals surface area (Å²) in [5.74, 6) is 1.19. The average Bonchev–Trinajstić information content (AvgIpc) is 3.22. The lowest BCUT2D eigenvalue weighted by atomic mass is 10.1. The summed E-state index contributed by atoms with van der Waals surface area (Å²) in [5, 5.41) is 0.654. The molecule has 190 valence electrons. The van der Waals surface area contributed by atoms with Gasteiger partial charge in [-0.2, -0.15) is 0 Å². The molecule has 0 bridgehead atoms. The van der Waals surface area contributed by atoms with Crippen LogP contribution < -0.4 is 9.47 Å². The second-order valence-electron chi connectivity index (χ2n) is 8.91. The van der Waals surface area contributed by atoms with Gasteiger partial charge in [0.2, 0.25) is 0 Å². The first-order valence-corrected chi connectivity index (χ1v) is 13.2. The van der Waals surface area contributed by atoms with E-state index in [1.54, 1.807) is 12.0 Å². The summed E-state index contributed by atoms with van der Waals surface area (Å²) in [7, 11) is 1.62. The predicted molar refractivity (Wildman–Crippen MR) is 155 cm³/mol. The van der Waals surface area contributed by atoms with Crippen LogP contribution in [0.5, 0.6) is 11.5 Å². The van der Waals surface area contributed by atoms with Crippen molar-refractivity contribution in [3.63, 3.8) is 0 Å². The Kier molecular flexibility index (Phi) is 7.90. The number of methoxy groups -OCH3 is 1. The molecular formula is C32H28N2O3S. The Labute approximate surface area is 227 Å². The minimum Gasteiger partial charge on any atom is -0.493 e. The summed E-state index contributed by atoms with van der Waals surface area (Å²) < 4.78 is 11.6. The Hall–Kier alpha value is -4.29. The molecule has 0 N–H and O–H groups in total. The van der Waals surface area contributed by atoms with Crippen molar-refractivity contribution in [2.24, 2.45) is 4.99 Å². The Morgan fingerprint density at radius 2 is 1.58 bits per heavy atom. The molecule has 5 nitrogen and oxygen atoms in total. The molecule has 1 aliphatic heterocycles. The summed E-state index contributed by atoms with van der Waals surface area (Å²) in [6, 6.07) is 33.6. The van der Waals surface area contributed by atoms with Gasteiger partial charge in [0, 0.05) is 0 Å². The fourth-order valence-electron chi connectivity index (χ4n) is 4.12. The van der Waals surface area contributed by atoms with Gasteiger partial charge in [0.1, 0.15) is 6.61 Å². The molecule has 4 aromatic rings. The molecule has 0 atom stereocenters. The lowest BCUT2D eigenvalue weighted by Crippen LogP contribution is -2.28. The summed E-state index contributed by atoms with van der Waals surface area (Å²) in [6.07, 6.45) is 1.88. The van der Waals surface area contributed by atoms with Crippen LogP contribution in [0.4, 0.5) is 5.69 Å². The third-order valence-electron chi connectivity index (χ3n) is 6.01. The zero-order chi connectivity index (χ0) is 26.3. The number of amidine groups is 1. The van der Waals surface area contributed by atoms with Gasteiger partial charge in [-0.3, -0.25) is 9.69 Å². The van der Waals surface area contributed by atoms with Crippen LogP contribution >= 0.6 is 11.8 Å². The number of aliphatic imine (C=N–C) groups is 1. The van der Waals surface area contributed by atoms with Crippen molar-refractivity contribution in [3.05, 3.63) is 130 Å². The maximum absolute atomic E-state index is 13.5. The first-order chi connectivity index (χ1) is 18.6. The van der Waals surface area contributed by atoms with E-state index < -0.39 is 0 Å². The average molecular weight is 521 g/mol. The molecular weight excluding hydrogens is 492 g/mol. The van der Waals surface area contributed by atoms with Crippen LogP contribution in [0, 0.1) is 6.92 Å². The fourth-order valence-corrected chi connectivity index (χ4v) is 5.12. The van der Waals surface area contributed by atoms with Crippen LogP contribution in [0.15, 0.2) is 113 Å². The zero-order valence-corrected chi connectivity index (χ0v) is 22.2. The second kappa shape index (κ2) is 11.8. The van der Waals surface area contributed by atoms with Crippen molar-refractivity contribution in [3.8, 4) is 11.5 Å². The minimum atomic E-state index is -0.0766. The minimum absolute atomic E-state index is 0.0766. The van der Waals surface area contributed by atoms with E-state index in [4.69, 9.17) is 14.5 Å². The Morgan fingerprint density at radius 3 is 2.32 bits per heavy atom. The zero-order valence-electron chi connectivity index (χ0n) is 21.3.